The Morgan fingerprint density at radius 2 is 1.55 bits per heavy atom. The lowest BCUT2D eigenvalue weighted by atomic mass is 10.1. The van der Waals surface area contributed by atoms with Crippen LogP contribution in [0, 0.1) is 0 Å². The van der Waals surface area contributed by atoms with Gasteiger partial charge in [-0.25, -0.2) is 0 Å². The molecule has 0 aliphatic heterocycles. The molecule has 2 nitrogen and oxygen atoms in total. The van der Waals surface area contributed by atoms with Gasteiger partial charge in [0.15, 0.2) is 0 Å². The topological polar surface area (TPSA) is 26.0 Å². The third-order valence-corrected chi connectivity index (χ3v) is 3.20. The molecule has 0 unspecified atom stereocenters. The van der Waals surface area contributed by atoms with Crippen molar-refractivity contribution in [2.24, 2.45) is 0 Å². The summed E-state index contributed by atoms with van der Waals surface area (Å²) < 4.78 is 69.4. The quantitative estimate of drug-likeness (QED) is 0.612. The van der Waals surface area contributed by atoms with E-state index in [1.54, 1.807) is 12.1 Å². The van der Waals surface area contributed by atoms with E-state index in [2.05, 4.69) is 4.98 Å². The van der Waals surface area contributed by atoms with E-state index in [0.717, 1.165) is 18.2 Å². The molecular formula is C15H8F5NO. The minimum Gasteiger partial charge on any atom is -0.456 e. The first-order valence-electron chi connectivity index (χ1n) is 6.18. The number of fused-ring (bicyclic) bond motifs is 1. The molecule has 0 aliphatic rings. The van der Waals surface area contributed by atoms with Gasteiger partial charge in [0.2, 0.25) is 0 Å². The van der Waals surface area contributed by atoms with Crippen LogP contribution in [-0.2, 0) is 5.92 Å². The Morgan fingerprint density at radius 3 is 2.18 bits per heavy atom. The molecule has 0 N–H and O–H groups in total. The van der Waals surface area contributed by atoms with Crippen LogP contribution < -0.4 is 0 Å². The van der Waals surface area contributed by atoms with Gasteiger partial charge in [-0.05, 0) is 36.4 Å². The van der Waals surface area contributed by atoms with Gasteiger partial charge in [-0.15, -0.1) is 0 Å². The number of rotatable bonds is 2. The molecule has 0 radical (unpaired) electrons. The van der Waals surface area contributed by atoms with E-state index in [1.807, 2.05) is 0 Å². The smallest absolute Gasteiger partial charge is 0.456 e. The van der Waals surface area contributed by atoms with Crippen molar-refractivity contribution in [2.45, 2.75) is 12.1 Å². The second-order valence-electron chi connectivity index (χ2n) is 4.67. The van der Waals surface area contributed by atoms with Gasteiger partial charge in [-0.2, -0.15) is 22.0 Å². The van der Waals surface area contributed by atoms with Gasteiger partial charge < -0.3 is 4.42 Å². The van der Waals surface area contributed by atoms with Crippen molar-refractivity contribution in [2.75, 3.05) is 0 Å². The first-order chi connectivity index (χ1) is 10.3. The van der Waals surface area contributed by atoms with E-state index in [0.29, 0.717) is 11.3 Å². The molecule has 0 saturated heterocycles. The molecule has 7 heteroatoms. The first-order valence-corrected chi connectivity index (χ1v) is 6.18. The first kappa shape index (κ1) is 14.5. The number of aromatic nitrogens is 1. The van der Waals surface area contributed by atoms with Gasteiger partial charge >= 0.3 is 12.1 Å². The third kappa shape index (κ3) is 2.32. The van der Waals surface area contributed by atoms with Crippen molar-refractivity contribution in [3.8, 4) is 11.3 Å². The summed E-state index contributed by atoms with van der Waals surface area (Å²) in [5.41, 5.74) is -0.238. The molecule has 0 atom stereocenters. The van der Waals surface area contributed by atoms with Crippen LogP contribution in [0.1, 0.15) is 5.56 Å². The summed E-state index contributed by atoms with van der Waals surface area (Å²) in [5.74, 6) is -4.54. The molecule has 0 aliphatic carbocycles. The van der Waals surface area contributed by atoms with Gasteiger partial charge in [0.1, 0.15) is 11.3 Å². The van der Waals surface area contributed by atoms with E-state index in [1.165, 1.54) is 18.5 Å². The number of nitrogens with zero attached hydrogens (tertiary/aromatic N) is 1. The lowest BCUT2D eigenvalue weighted by molar-refractivity contribution is -0.289. The van der Waals surface area contributed by atoms with E-state index in [4.69, 9.17) is 4.42 Å². The highest BCUT2D eigenvalue weighted by Crippen LogP contribution is 2.44. The highest BCUT2D eigenvalue weighted by atomic mass is 19.4. The van der Waals surface area contributed by atoms with Crippen molar-refractivity contribution >= 4 is 11.0 Å². The fraction of sp³-hybridized carbons (Fsp3) is 0.133. The maximum atomic E-state index is 13.4. The molecule has 2 aromatic heterocycles. The fourth-order valence-corrected chi connectivity index (χ4v) is 2.06. The van der Waals surface area contributed by atoms with Gasteiger partial charge in [-0.3, -0.25) is 4.98 Å². The summed E-state index contributed by atoms with van der Waals surface area (Å²) in [6.45, 7) is 0. The van der Waals surface area contributed by atoms with Crippen LogP contribution in [0.25, 0.3) is 22.3 Å². The molecule has 1 aromatic carbocycles. The Labute approximate surface area is 121 Å². The number of pyridine rings is 1. The summed E-state index contributed by atoms with van der Waals surface area (Å²) in [6, 6.07) is 7.31. The molecule has 114 valence electrons. The summed E-state index contributed by atoms with van der Waals surface area (Å²) in [6.07, 6.45) is -2.60. The largest absolute Gasteiger partial charge is 0.458 e. The minimum atomic E-state index is -5.64. The Kier molecular flexibility index (Phi) is 3.16. The fourth-order valence-electron chi connectivity index (χ4n) is 2.06. The molecule has 0 amide bonds. The molecular weight excluding hydrogens is 305 g/mol. The normalized spacial score (nSPS) is 12.8. The number of furan rings is 1. The Hall–Kier alpha value is -2.44. The Balaban J connectivity index is 2.08. The molecule has 2 heterocycles. The van der Waals surface area contributed by atoms with E-state index < -0.39 is 17.7 Å². The Bertz CT molecular complexity index is 808. The predicted octanol–water partition coefficient (Wildman–Crippen LogP) is 5.15. The summed E-state index contributed by atoms with van der Waals surface area (Å²) in [5, 5.41) is 0.174. The number of alkyl halides is 5. The van der Waals surface area contributed by atoms with Crippen molar-refractivity contribution in [3.05, 3.63) is 54.4 Å². The summed E-state index contributed by atoms with van der Waals surface area (Å²) in [7, 11) is 0. The second kappa shape index (κ2) is 4.79. The molecule has 0 fully saturated rings. The lowest BCUT2D eigenvalue weighted by Gasteiger charge is -2.19. The van der Waals surface area contributed by atoms with Crippen LogP contribution >= 0.6 is 0 Å². The number of hydrogen-bond donors (Lipinski definition) is 0. The maximum Gasteiger partial charge on any atom is 0.458 e. The van der Waals surface area contributed by atoms with Crippen molar-refractivity contribution in [1.29, 1.82) is 0 Å². The van der Waals surface area contributed by atoms with Crippen LogP contribution in [0.5, 0.6) is 0 Å². The highest BCUT2D eigenvalue weighted by Gasteiger charge is 2.58. The third-order valence-electron chi connectivity index (χ3n) is 3.20. The molecule has 0 spiro atoms. The molecule has 0 saturated carbocycles. The zero-order valence-electron chi connectivity index (χ0n) is 10.9. The monoisotopic (exact) mass is 313 g/mol. The Morgan fingerprint density at radius 1 is 0.864 bits per heavy atom. The average molecular weight is 313 g/mol. The van der Waals surface area contributed by atoms with Crippen LogP contribution in [0.3, 0.4) is 0 Å². The van der Waals surface area contributed by atoms with Gasteiger partial charge in [0.25, 0.3) is 0 Å². The average Bonchev–Trinajstić information content (AvgIpc) is 2.90. The van der Waals surface area contributed by atoms with Crippen molar-refractivity contribution in [3.63, 3.8) is 0 Å². The van der Waals surface area contributed by atoms with Crippen LogP contribution in [0.4, 0.5) is 22.0 Å². The second-order valence-corrected chi connectivity index (χ2v) is 4.67. The van der Waals surface area contributed by atoms with E-state index in [9.17, 15) is 22.0 Å². The van der Waals surface area contributed by atoms with E-state index in [-0.39, 0.29) is 11.0 Å². The SMILES string of the molecule is FC(F)(F)C(F)(F)c1ccc2oc(-c3ccncc3)cc2c1. The van der Waals surface area contributed by atoms with Crippen LogP contribution in [-0.4, -0.2) is 11.2 Å². The van der Waals surface area contributed by atoms with Gasteiger partial charge in [-0.1, -0.05) is 0 Å². The zero-order valence-corrected chi connectivity index (χ0v) is 10.9. The molecule has 3 rings (SSSR count). The van der Waals surface area contributed by atoms with Gasteiger partial charge in [0.05, 0.1) is 0 Å². The van der Waals surface area contributed by atoms with Crippen LogP contribution in [0.2, 0.25) is 0 Å². The number of benzene rings is 1. The molecule has 3 aromatic rings. The summed E-state index contributed by atoms with van der Waals surface area (Å²) in [4.78, 5) is 3.83. The predicted molar refractivity (Wildman–Crippen MR) is 69.4 cm³/mol. The number of halogens is 5. The van der Waals surface area contributed by atoms with Gasteiger partial charge in [0, 0.05) is 28.9 Å². The van der Waals surface area contributed by atoms with Crippen LogP contribution in [0.15, 0.2) is 53.2 Å². The van der Waals surface area contributed by atoms with Crippen molar-refractivity contribution < 1.29 is 26.4 Å². The molecule has 0 bridgehead atoms. The lowest BCUT2D eigenvalue weighted by Crippen LogP contribution is -2.33. The highest BCUT2D eigenvalue weighted by molar-refractivity contribution is 5.83. The van der Waals surface area contributed by atoms with Crippen molar-refractivity contribution in [1.82, 2.24) is 4.98 Å². The maximum absolute atomic E-state index is 13.4. The zero-order chi connectivity index (χ0) is 16.0. The number of hydrogen-bond acceptors (Lipinski definition) is 2. The van der Waals surface area contributed by atoms with E-state index >= 15 is 0 Å². The summed E-state index contributed by atoms with van der Waals surface area (Å²) >= 11 is 0. The minimum absolute atomic E-state index is 0.174. The molecule has 22 heavy (non-hydrogen) atoms. The standard InChI is InChI=1S/C15H8F5NO/c16-14(17,15(18,19)20)11-1-2-12-10(7-11)8-13(22-12)9-3-5-21-6-4-9/h1-8H.